The highest BCUT2D eigenvalue weighted by atomic mass is 16.5. The molecule has 0 aliphatic carbocycles. The van der Waals surface area contributed by atoms with Gasteiger partial charge in [-0.2, -0.15) is 0 Å². The zero-order valence-corrected chi connectivity index (χ0v) is 11.9. The van der Waals surface area contributed by atoms with E-state index in [0.29, 0.717) is 19.7 Å². The van der Waals surface area contributed by atoms with Gasteiger partial charge in [-0.25, -0.2) is 0 Å². The summed E-state index contributed by atoms with van der Waals surface area (Å²) in [6, 6.07) is 8.30. The maximum Gasteiger partial charge on any atom is 0.233 e. The first-order valence-corrected chi connectivity index (χ1v) is 6.81. The van der Waals surface area contributed by atoms with Gasteiger partial charge in [-0.05, 0) is 24.0 Å². The molecule has 0 aliphatic rings. The van der Waals surface area contributed by atoms with Crippen LogP contribution in [0.3, 0.4) is 0 Å². The lowest BCUT2D eigenvalue weighted by molar-refractivity contribution is -0.120. The van der Waals surface area contributed by atoms with Gasteiger partial charge in [0.2, 0.25) is 5.91 Å². The van der Waals surface area contributed by atoms with Gasteiger partial charge in [0.25, 0.3) is 0 Å². The van der Waals surface area contributed by atoms with Crippen LogP contribution in [0.4, 0.5) is 0 Å². The molecule has 1 aromatic rings. The van der Waals surface area contributed by atoms with Crippen LogP contribution < -0.4 is 10.6 Å². The summed E-state index contributed by atoms with van der Waals surface area (Å²) < 4.78 is 4.92. The van der Waals surface area contributed by atoms with Gasteiger partial charge < -0.3 is 15.4 Å². The molecule has 0 heterocycles. The van der Waals surface area contributed by atoms with E-state index in [0.717, 1.165) is 19.4 Å². The van der Waals surface area contributed by atoms with E-state index in [2.05, 4.69) is 29.7 Å². The average Bonchev–Trinajstić information content (AvgIpc) is 2.44. The highest BCUT2D eigenvalue weighted by Gasteiger charge is 2.02. The van der Waals surface area contributed by atoms with Gasteiger partial charge in [0.15, 0.2) is 0 Å². The molecule has 4 nitrogen and oxygen atoms in total. The van der Waals surface area contributed by atoms with Crippen molar-refractivity contribution in [2.75, 3.05) is 26.8 Å². The monoisotopic (exact) mass is 264 g/mol. The number of hydrogen-bond donors (Lipinski definition) is 2. The third-order valence-electron chi connectivity index (χ3n) is 2.95. The standard InChI is InChI=1S/C15H24N2O2/c1-3-13-7-4-5-8-14(13)11-16-12-15(18)17-9-6-10-19-2/h4-5,7-8,16H,3,6,9-12H2,1-2H3,(H,17,18). The van der Waals surface area contributed by atoms with E-state index in [1.807, 2.05) is 12.1 Å². The normalized spacial score (nSPS) is 10.4. The van der Waals surface area contributed by atoms with Crippen LogP contribution >= 0.6 is 0 Å². The van der Waals surface area contributed by atoms with Crippen molar-refractivity contribution in [1.82, 2.24) is 10.6 Å². The van der Waals surface area contributed by atoms with Crippen molar-refractivity contribution in [2.45, 2.75) is 26.3 Å². The first-order chi connectivity index (χ1) is 9.27. The quantitative estimate of drug-likeness (QED) is 0.664. The number of methoxy groups -OCH3 is 1. The fourth-order valence-electron chi connectivity index (χ4n) is 1.89. The molecule has 2 N–H and O–H groups in total. The molecule has 0 aliphatic heterocycles. The second-order valence-electron chi connectivity index (χ2n) is 4.42. The third kappa shape index (κ3) is 6.36. The van der Waals surface area contributed by atoms with Gasteiger partial charge in [-0.1, -0.05) is 31.2 Å². The van der Waals surface area contributed by atoms with Crippen molar-refractivity contribution >= 4 is 5.91 Å². The van der Waals surface area contributed by atoms with Crippen LogP contribution in [0.1, 0.15) is 24.5 Å². The molecule has 106 valence electrons. The van der Waals surface area contributed by atoms with Crippen LogP contribution in [0.2, 0.25) is 0 Å². The second kappa shape index (κ2) is 9.53. The zero-order chi connectivity index (χ0) is 13.9. The summed E-state index contributed by atoms with van der Waals surface area (Å²) >= 11 is 0. The molecule has 19 heavy (non-hydrogen) atoms. The summed E-state index contributed by atoms with van der Waals surface area (Å²) in [6.07, 6.45) is 1.86. The molecule has 1 aromatic carbocycles. The summed E-state index contributed by atoms with van der Waals surface area (Å²) in [5.41, 5.74) is 2.59. The van der Waals surface area contributed by atoms with Crippen molar-refractivity contribution in [2.24, 2.45) is 0 Å². The van der Waals surface area contributed by atoms with Crippen LogP contribution in [0.25, 0.3) is 0 Å². The summed E-state index contributed by atoms with van der Waals surface area (Å²) in [6.45, 7) is 4.57. The van der Waals surface area contributed by atoms with Crippen LogP contribution in [-0.4, -0.2) is 32.7 Å². The lowest BCUT2D eigenvalue weighted by Gasteiger charge is -2.09. The van der Waals surface area contributed by atoms with E-state index in [-0.39, 0.29) is 5.91 Å². The van der Waals surface area contributed by atoms with Gasteiger partial charge in [0, 0.05) is 26.8 Å². The lowest BCUT2D eigenvalue weighted by Crippen LogP contribution is -2.34. The average molecular weight is 264 g/mol. The zero-order valence-electron chi connectivity index (χ0n) is 11.9. The molecule has 0 unspecified atom stereocenters. The van der Waals surface area contributed by atoms with Gasteiger partial charge in [-0.15, -0.1) is 0 Å². The molecule has 1 amide bonds. The van der Waals surface area contributed by atoms with E-state index in [1.165, 1.54) is 11.1 Å². The topological polar surface area (TPSA) is 50.4 Å². The lowest BCUT2D eigenvalue weighted by atomic mass is 10.1. The van der Waals surface area contributed by atoms with Crippen molar-refractivity contribution in [3.63, 3.8) is 0 Å². The number of rotatable bonds is 9. The summed E-state index contributed by atoms with van der Waals surface area (Å²) in [5, 5.41) is 6.02. The van der Waals surface area contributed by atoms with E-state index < -0.39 is 0 Å². The molecule has 0 fully saturated rings. The first-order valence-electron chi connectivity index (χ1n) is 6.81. The van der Waals surface area contributed by atoms with Crippen molar-refractivity contribution in [3.8, 4) is 0 Å². The van der Waals surface area contributed by atoms with Crippen LogP contribution in [0.5, 0.6) is 0 Å². The molecule has 1 rings (SSSR count). The molecule has 0 radical (unpaired) electrons. The molecule has 4 heteroatoms. The fraction of sp³-hybridized carbons (Fsp3) is 0.533. The summed E-state index contributed by atoms with van der Waals surface area (Å²) in [7, 11) is 1.66. The van der Waals surface area contributed by atoms with Gasteiger partial charge in [0.05, 0.1) is 6.54 Å². The number of amides is 1. The predicted octanol–water partition coefficient (Wildman–Crippen LogP) is 1.49. The van der Waals surface area contributed by atoms with Gasteiger partial charge in [-0.3, -0.25) is 4.79 Å². The highest BCUT2D eigenvalue weighted by Crippen LogP contribution is 2.08. The minimum absolute atomic E-state index is 0.0325. The molecule has 0 spiro atoms. The summed E-state index contributed by atoms with van der Waals surface area (Å²) in [5.74, 6) is 0.0325. The molecular weight excluding hydrogens is 240 g/mol. The molecule has 0 bridgehead atoms. The van der Waals surface area contributed by atoms with Crippen LogP contribution in [0.15, 0.2) is 24.3 Å². The maximum absolute atomic E-state index is 11.5. The van der Waals surface area contributed by atoms with E-state index in [1.54, 1.807) is 7.11 Å². The van der Waals surface area contributed by atoms with Crippen LogP contribution in [0, 0.1) is 0 Å². The Balaban J connectivity index is 2.20. The number of benzene rings is 1. The second-order valence-corrected chi connectivity index (χ2v) is 4.42. The number of ether oxygens (including phenoxy) is 1. The third-order valence-corrected chi connectivity index (χ3v) is 2.95. The Morgan fingerprint density at radius 2 is 2.00 bits per heavy atom. The Bertz CT molecular complexity index is 380. The van der Waals surface area contributed by atoms with Crippen LogP contribution in [-0.2, 0) is 22.5 Å². The Morgan fingerprint density at radius 3 is 2.68 bits per heavy atom. The number of aryl methyl sites for hydroxylation is 1. The van der Waals surface area contributed by atoms with Crippen molar-refractivity contribution in [3.05, 3.63) is 35.4 Å². The summed E-state index contributed by atoms with van der Waals surface area (Å²) in [4.78, 5) is 11.5. The van der Waals surface area contributed by atoms with Crippen molar-refractivity contribution < 1.29 is 9.53 Å². The van der Waals surface area contributed by atoms with E-state index in [4.69, 9.17) is 4.74 Å². The molecule has 0 aromatic heterocycles. The van der Waals surface area contributed by atoms with E-state index in [9.17, 15) is 4.79 Å². The Kier molecular flexibility index (Phi) is 7.86. The minimum Gasteiger partial charge on any atom is -0.385 e. The minimum atomic E-state index is 0.0325. The maximum atomic E-state index is 11.5. The van der Waals surface area contributed by atoms with Crippen molar-refractivity contribution in [1.29, 1.82) is 0 Å². The molecule has 0 saturated carbocycles. The molecular formula is C15H24N2O2. The predicted molar refractivity (Wildman–Crippen MR) is 77.0 cm³/mol. The largest absolute Gasteiger partial charge is 0.385 e. The number of nitrogens with one attached hydrogen (secondary N) is 2. The fourth-order valence-corrected chi connectivity index (χ4v) is 1.89. The Hall–Kier alpha value is -1.39. The Morgan fingerprint density at radius 1 is 1.26 bits per heavy atom. The smallest absolute Gasteiger partial charge is 0.233 e. The highest BCUT2D eigenvalue weighted by molar-refractivity contribution is 5.77. The van der Waals surface area contributed by atoms with E-state index >= 15 is 0 Å². The Labute approximate surface area is 115 Å². The number of hydrogen-bond acceptors (Lipinski definition) is 3. The van der Waals surface area contributed by atoms with Gasteiger partial charge in [0.1, 0.15) is 0 Å². The number of carbonyl (C=O) groups excluding carboxylic acids is 1. The molecule has 0 atom stereocenters. The first kappa shape index (κ1) is 15.7. The number of carbonyl (C=O) groups is 1. The molecule has 0 saturated heterocycles. The van der Waals surface area contributed by atoms with Gasteiger partial charge >= 0.3 is 0 Å². The SMILES string of the molecule is CCc1ccccc1CNCC(=O)NCCCOC.